The average molecular weight is 240 g/mol. The molecule has 0 radical (unpaired) electrons. The Labute approximate surface area is 107 Å². The van der Waals surface area contributed by atoms with Crippen LogP contribution in [0.5, 0.6) is 5.75 Å². The fourth-order valence-corrected chi connectivity index (χ4v) is 1.77. The summed E-state index contributed by atoms with van der Waals surface area (Å²) in [6, 6.07) is 17.7. The number of carbonyl (C=O) groups is 1. The summed E-state index contributed by atoms with van der Waals surface area (Å²) in [4.78, 5) is 11.1. The summed E-state index contributed by atoms with van der Waals surface area (Å²) in [5.41, 5.74) is 2.13. The monoisotopic (exact) mass is 240 g/mol. The maximum atomic E-state index is 11.1. The standard InChI is InChI=1S/C16H16O2/c1-13(17)10-15-8-5-9-16(11-15)18-12-14-6-3-2-4-7-14/h2-9,11H,10,12H2,1H3. The van der Waals surface area contributed by atoms with E-state index in [1.54, 1.807) is 6.92 Å². The van der Waals surface area contributed by atoms with Crippen LogP contribution in [-0.4, -0.2) is 5.78 Å². The molecule has 18 heavy (non-hydrogen) atoms. The Hall–Kier alpha value is -2.09. The van der Waals surface area contributed by atoms with Gasteiger partial charge in [-0.1, -0.05) is 42.5 Å². The lowest BCUT2D eigenvalue weighted by atomic mass is 10.1. The second-order valence-corrected chi connectivity index (χ2v) is 4.30. The summed E-state index contributed by atoms with van der Waals surface area (Å²) in [6.45, 7) is 2.14. The van der Waals surface area contributed by atoms with Crippen molar-refractivity contribution < 1.29 is 9.53 Å². The Bertz CT molecular complexity index is 518. The molecule has 0 aromatic heterocycles. The van der Waals surface area contributed by atoms with Gasteiger partial charge in [0.15, 0.2) is 0 Å². The van der Waals surface area contributed by atoms with Crippen LogP contribution in [0.2, 0.25) is 0 Å². The summed E-state index contributed by atoms with van der Waals surface area (Å²) in [5.74, 6) is 0.966. The largest absolute Gasteiger partial charge is 0.489 e. The first-order valence-corrected chi connectivity index (χ1v) is 5.99. The molecule has 0 bridgehead atoms. The first kappa shape index (κ1) is 12.4. The smallest absolute Gasteiger partial charge is 0.134 e. The van der Waals surface area contributed by atoms with Gasteiger partial charge in [0.2, 0.25) is 0 Å². The third kappa shape index (κ3) is 3.74. The number of hydrogen-bond donors (Lipinski definition) is 0. The van der Waals surface area contributed by atoms with Crippen molar-refractivity contribution in [3.63, 3.8) is 0 Å². The van der Waals surface area contributed by atoms with Crippen LogP contribution in [0, 0.1) is 0 Å². The minimum atomic E-state index is 0.162. The van der Waals surface area contributed by atoms with E-state index in [9.17, 15) is 4.79 Å². The molecule has 0 heterocycles. The van der Waals surface area contributed by atoms with E-state index in [0.717, 1.165) is 16.9 Å². The van der Waals surface area contributed by atoms with Crippen LogP contribution in [0.4, 0.5) is 0 Å². The van der Waals surface area contributed by atoms with Crippen molar-refractivity contribution in [3.05, 3.63) is 65.7 Å². The van der Waals surface area contributed by atoms with Gasteiger partial charge in [-0.2, -0.15) is 0 Å². The first-order chi connectivity index (χ1) is 8.74. The van der Waals surface area contributed by atoms with Crippen molar-refractivity contribution >= 4 is 5.78 Å². The highest BCUT2D eigenvalue weighted by molar-refractivity contribution is 5.78. The normalized spacial score (nSPS) is 10.1. The van der Waals surface area contributed by atoms with E-state index in [1.807, 2.05) is 54.6 Å². The van der Waals surface area contributed by atoms with Crippen molar-refractivity contribution in [2.24, 2.45) is 0 Å². The van der Waals surface area contributed by atoms with Gasteiger partial charge in [0.1, 0.15) is 18.1 Å². The van der Waals surface area contributed by atoms with Gasteiger partial charge in [-0.05, 0) is 30.2 Å². The molecular weight excluding hydrogens is 224 g/mol. The van der Waals surface area contributed by atoms with Gasteiger partial charge >= 0.3 is 0 Å². The van der Waals surface area contributed by atoms with Gasteiger partial charge < -0.3 is 4.74 Å². The Morgan fingerprint density at radius 3 is 2.44 bits per heavy atom. The number of ether oxygens (including phenoxy) is 1. The van der Waals surface area contributed by atoms with Crippen molar-refractivity contribution in [1.82, 2.24) is 0 Å². The molecule has 2 aromatic rings. The van der Waals surface area contributed by atoms with E-state index < -0.39 is 0 Å². The van der Waals surface area contributed by atoms with Crippen LogP contribution in [-0.2, 0) is 17.8 Å². The third-order valence-electron chi connectivity index (χ3n) is 2.60. The lowest BCUT2D eigenvalue weighted by molar-refractivity contribution is -0.116. The first-order valence-electron chi connectivity index (χ1n) is 5.99. The second-order valence-electron chi connectivity index (χ2n) is 4.30. The van der Waals surface area contributed by atoms with Crippen LogP contribution in [0.15, 0.2) is 54.6 Å². The average Bonchev–Trinajstić information content (AvgIpc) is 2.37. The van der Waals surface area contributed by atoms with Gasteiger partial charge in [-0.15, -0.1) is 0 Å². The van der Waals surface area contributed by atoms with E-state index in [-0.39, 0.29) is 5.78 Å². The van der Waals surface area contributed by atoms with E-state index in [1.165, 1.54) is 0 Å². The highest BCUT2D eigenvalue weighted by Gasteiger charge is 2.00. The molecule has 0 N–H and O–H groups in total. The zero-order valence-electron chi connectivity index (χ0n) is 10.4. The minimum Gasteiger partial charge on any atom is -0.489 e. The van der Waals surface area contributed by atoms with E-state index in [4.69, 9.17) is 4.74 Å². The van der Waals surface area contributed by atoms with Gasteiger partial charge in [0.05, 0.1) is 0 Å². The maximum Gasteiger partial charge on any atom is 0.134 e. The summed E-state index contributed by atoms with van der Waals surface area (Å²) in [6.07, 6.45) is 0.461. The van der Waals surface area contributed by atoms with Crippen molar-refractivity contribution in [2.45, 2.75) is 20.0 Å². The quantitative estimate of drug-likeness (QED) is 0.800. The molecule has 0 unspecified atom stereocenters. The molecule has 0 atom stereocenters. The van der Waals surface area contributed by atoms with Crippen molar-refractivity contribution in [2.75, 3.05) is 0 Å². The van der Waals surface area contributed by atoms with E-state index in [2.05, 4.69) is 0 Å². The molecule has 0 fully saturated rings. The van der Waals surface area contributed by atoms with Crippen molar-refractivity contribution in [1.29, 1.82) is 0 Å². The lowest BCUT2D eigenvalue weighted by Gasteiger charge is -2.07. The van der Waals surface area contributed by atoms with Crippen LogP contribution >= 0.6 is 0 Å². The molecule has 2 nitrogen and oxygen atoms in total. The van der Waals surface area contributed by atoms with Gasteiger partial charge in [-0.3, -0.25) is 4.79 Å². The predicted molar refractivity (Wildman–Crippen MR) is 71.6 cm³/mol. The number of rotatable bonds is 5. The highest BCUT2D eigenvalue weighted by atomic mass is 16.5. The number of ketones is 1. The molecule has 2 aromatic carbocycles. The van der Waals surface area contributed by atoms with Crippen molar-refractivity contribution in [3.8, 4) is 5.75 Å². The number of hydrogen-bond acceptors (Lipinski definition) is 2. The maximum absolute atomic E-state index is 11.1. The minimum absolute atomic E-state index is 0.162. The van der Waals surface area contributed by atoms with Gasteiger partial charge in [-0.25, -0.2) is 0 Å². The molecule has 0 aliphatic carbocycles. The van der Waals surface area contributed by atoms with Crippen LogP contribution < -0.4 is 4.74 Å². The van der Waals surface area contributed by atoms with Crippen LogP contribution in [0.1, 0.15) is 18.1 Å². The highest BCUT2D eigenvalue weighted by Crippen LogP contribution is 2.15. The lowest BCUT2D eigenvalue weighted by Crippen LogP contribution is -1.98. The topological polar surface area (TPSA) is 26.3 Å². The zero-order valence-corrected chi connectivity index (χ0v) is 10.4. The molecule has 0 aliphatic rings. The molecule has 2 rings (SSSR count). The van der Waals surface area contributed by atoms with Gasteiger partial charge in [0.25, 0.3) is 0 Å². The number of Topliss-reactive ketones (excluding diaryl/α,β-unsaturated/α-hetero) is 1. The molecule has 0 saturated heterocycles. The Balaban J connectivity index is 1.99. The summed E-state index contributed by atoms with van der Waals surface area (Å²) < 4.78 is 5.70. The fraction of sp³-hybridized carbons (Fsp3) is 0.188. The molecule has 0 spiro atoms. The number of carbonyl (C=O) groups excluding carboxylic acids is 1. The SMILES string of the molecule is CC(=O)Cc1cccc(OCc2ccccc2)c1. The Kier molecular flexibility index (Phi) is 4.13. The van der Waals surface area contributed by atoms with Crippen LogP contribution in [0.25, 0.3) is 0 Å². The molecule has 0 aliphatic heterocycles. The Morgan fingerprint density at radius 1 is 1.00 bits per heavy atom. The molecule has 2 heteroatoms. The van der Waals surface area contributed by atoms with Gasteiger partial charge in [0, 0.05) is 6.42 Å². The summed E-state index contributed by atoms with van der Waals surface area (Å²) in [7, 11) is 0. The summed E-state index contributed by atoms with van der Waals surface area (Å²) in [5, 5.41) is 0. The second kappa shape index (κ2) is 6.01. The fourth-order valence-electron chi connectivity index (χ4n) is 1.77. The molecule has 0 amide bonds. The molecule has 0 saturated carbocycles. The molecular formula is C16H16O2. The summed E-state index contributed by atoms with van der Waals surface area (Å²) >= 11 is 0. The Morgan fingerprint density at radius 2 is 1.72 bits per heavy atom. The molecule has 92 valence electrons. The van der Waals surface area contributed by atoms with E-state index in [0.29, 0.717) is 13.0 Å². The van der Waals surface area contributed by atoms with E-state index >= 15 is 0 Å². The predicted octanol–water partition coefficient (Wildman–Crippen LogP) is 3.40. The zero-order chi connectivity index (χ0) is 12.8. The number of benzene rings is 2. The van der Waals surface area contributed by atoms with Crippen LogP contribution in [0.3, 0.4) is 0 Å². The third-order valence-corrected chi connectivity index (χ3v) is 2.60.